The minimum atomic E-state index is 0.318. The Morgan fingerprint density at radius 2 is 1.77 bits per heavy atom. The molecule has 1 aromatic carbocycles. The van der Waals surface area contributed by atoms with E-state index in [1.54, 1.807) is 14.2 Å². The van der Waals surface area contributed by atoms with E-state index in [1.165, 1.54) is 31.5 Å². The number of morpholine rings is 1. The molecule has 2 heterocycles. The van der Waals surface area contributed by atoms with Crippen LogP contribution in [-0.4, -0.2) is 83.0 Å². The summed E-state index contributed by atoms with van der Waals surface area (Å²) >= 11 is 0. The first-order valence-electron chi connectivity index (χ1n) is 9.67. The second-order valence-corrected chi connectivity index (χ2v) is 7.26. The Hall–Kier alpha value is -1.34. The number of hydrogen-bond donors (Lipinski definition) is 1. The highest BCUT2D eigenvalue weighted by molar-refractivity contribution is 5.44. The van der Waals surface area contributed by atoms with Crippen molar-refractivity contribution in [3.63, 3.8) is 0 Å². The molecule has 2 aliphatic rings. The van der Waals surface area contributed by atoms with Crippen LogP contribution in [0.1, 0.15) is 24.4 Å². The third-order valence-electron chi connectivity index (χ3n) is 5.60. The zero-order valence-electron chi connectivity index (χ0n) is 16.4. The molecule has 0 aromatic heterocycles. The molecule has 0 amide bonds. The van der Waals surface area contributed by atoms with Crippen LogP contribution in [-0.2, 0) is 4.74 Å². The van der Waals surface area contributed by atoms with Gasteiger partial charge in [-0.3, -0.25) is 4.90 Å². The van der Waals surface area contributed by atoms with Crippen LogP contribution in [0.25, 0.3) is 0 Å². The van der Waals surface area contributed by atoms with Gasteiger partial charge in [-0.25, -0.2) is 0 Å². The Bertz CT molecular complexity index is 555. The van der Waals surface area contributed by atoms with E-state index < -0.39 is 0 Å². The average molecular weight is 364 g/mol. The molecule has 2 saturated heterocycles. The first kappa shape index (κ1) is 19.4. The van der Waals surface area contributed by atoms with Gasteiger partial charge < -0.3 is 24.4 Å². The summed E-state index contributed by atoms with van der Waals surface area (Å²) < 4.78 is 16.5. The number of rotatable bonds is 7. The maximum absolute atomic E-state index is 5.56. The van der Waals surface area contributed by atoms with E-state index in [2.05, 4.69) is 34.3 Å². The quantitative estimate of drug-likeness (QED) is 0.797. The number of nitrogens with one attached hydrogen (secondary N) is 1. The summed E-state index contributed by atoms with van der Waals surface area (Å²) in [7, 11) is 5.58. The van der Waals surface area contributed by atoms with Crippen molar-refractivity contribution >= 4 is 0 Å². The molecule has 0 saturated carbocycles. The van der Waals surface area contributed by atoms with Crippen molar-refractivity contribution in [1.29, 1.82) is 0 Å². The molecule has 26 heavy (non-hydrogen) atoms. The van der Waals surface area contributed by atoms with Gasteiger partial charge in [-0.1, -0.05) is 6.07 Å². The van der Waals surface area contributed by atoms with Crippen molar-refractivity contribution in [2.45, 2.75) is 24.9 Å². The fourth-order valence-corrected chi connectivity index (χ4v) is 3.90. The van der Waals surface area contributed by atoms with Crippen LogP contribution in [0.15, 0.2) is 18.2 Å². The summed E-state index contributed by atoms with van der Waals surface area (Å²) in [5, 5.41) is 3.82. The largest absolute Gasteiger partial charge is 0.493 e. The van der Waals surface area contributed by atoms with Crippen LogP contribution in [0, 0.1) is 0 Å². The van der Waals surface area contributed by atoms with Gasteiger partial charge in [0.15, 0.2) is 11.5 Å². The van der Waals surface area contributed by atoms with Gasteiger partial charge in [0.25, 0.3) is 0 Å². The Morgan fingerprint density at radius 3 is 2.42 bits per heavy atom. The van der Waals surface area contributed by atoms with Crippen molar-refractivity contribution in [3.05, 3.63) is 23.8 Å². The molecule has 0 spiro atoms. The summed E-state index contributed by atoms with van der Waals surface area (Å²) in [6, 6.07) is 7.22. The van der Waals surface area contributed by atoms with Gasteiger partial charge in [0, 0.05) is 31.7 Å². The standard InChI is InChI=1S/C20H33N3O3/c1-22-8-6-17(7-9-22)21-15-18(23-10-12-26-13-11-23)16-4-5-19(24-2)20(14-16)25-3/h4-5,14,17-18,21H,6-13,15H2,1-3H3. The Balaban J connectivity index is 1.72. The second kappa shape index (κ2) is 9.55. The number of methoxy groups -OCH3 is 2. The highest BCUT2D eigenvalue weighted by Crippen LogP contribution is 2.32. The summed E-state index contributed by atoms with van der Waals surface area (Å²) in [6.07, 6.45) is 2.44. The minimum Gasteiger partial charge on any atom is -0.493 e. The molecule has 1 atom stereocenters. The number of piperidine rings is 1. The highest BCUT2D eigenvalue weighted by atomic mass is 16.5. The topological polar surface area (TPSA) is 46.2 Å². The van der Waals surface area contributed by atoms with E-state index in [-0.39, 0.29) is 0 Å². The van der Waals surface area contributed by atoms with Gasteiger partial charge in [0.05, 0.1) is 27.4 Å². The molecule has 146 valence electrons. The van der Waals surface area contributed by atoms with Gasteiger partial charge >= 0.3 is 0 Å². The second-order valence-electron chi connectivity index (χ2n) is 7.26. The molecule has 0 aliphatic carbocycles. The third kappa shape index (κ3) is 4.88. The van der Waals surface area contributed by atoms with Crippen LogP contribution >= 0.6 is 0 Å². The lowest BCUT2D eigenvalue weighted by Gasteiger charge is -2.37. The zero-order valence-corrected chi connectivity index (χ0v) is 16.4. The number of hydrogen-bond acceptors (Lipinski definition) is 6. The highest BCUT2D eigenvalue weighted by Gasteiger charge is 2.25. The average Bonchev–Trinajstić information content (AvgIpc) is 2.70. The van der Waals surface area contributed by atoms with E-state index in [0.29, 0.717) is 12.1 Å². The molecule has 3 rings (SSSR count). The Morgan fingerprint density at radius 1 is 1.08 bits per heavy atom. The van der Waals surface area contributed by atoms with Crippen molar-refractivity contribution in [2.75, 3.05) is 67.2 Å². The lowest BCUT2D eigenvalue weighted by Crippen LogP contribution is -2.47. The molecule has 0 bridgehead atoms. The number of likely N-dealkylation sites (tertiary alicyclic amines) is 1. The van der Waals surface area contributed by atoms with Crippen LogP contribution in [0.5, 0.6) is 11.5 Å². The molecule has 6 heteroatoms. The SMILES string of the molecule is COc1ccc(C(CNC2CCN(C)CC2)N2CCOCC2)cc1OC. The van der Waals surface area contributed by atoms with Gasteiger partial charge in [-0.2, -0.15) is 0 Å². The minimum absolute atomic E-state index is 0.318. The number of ether oxygens (including phenoxy) is 3. The lowest BCUT2D eigenvalue weighted by atomic mass is 10.0. The first-order valence-corrected chi connectivity index (χ1v) is 9.67. The van der Waals surface area contributed by atoms with Crippen LogP contribution in [0.2, 0.25) is 0 Å². The Kier molecular flexibility index (Phi) is 7.14. The fraction of sp³-hybridized carbons (Fsp3) is 0.700. The summed E-state index contributed by atoms with van der Waals surface area (Å²) in [5.74, 6) is 1.57. The fourth-order valence-electron chi connectivity index (χ4n) is 3.90. The Labute approximate surface area is 157 Å². The maximum atomic E-state index is 5.56. The molecule has 0 radical (unpaired) electrons. The predicted molar refractivity (Wildman–Crippen MR) is 103 cm³/mol. The first-order chi connectivity index (χ1) is 12.7. The van der Waals surface area contributed by atoms with Crippen LogP contribution in [0.3, 0.4) is 0 Å². The molecule has 1 aromatic rings. The molecule has 6 nitrogen and oxygen atoms in total. The van der Waals surface area contributed by atoms with Gasteiger partial charge in [0.1, 0.15) is 0 Å². The van der Waals surface area contributed by atoms with E-state index in [9.17, 15) is 0 Å². The van der Waals surface area contributed by atoms with Crippen molar-refractivity contribution in [3.8, 4) is 11.5 Å². The van der Waals surface area contributed by atoms with E-state index in [0.717, 1.165) is 44.3 Å². The van der Waals surface area contributed by atoms with E-state index in [1.807, 2.05) is 6.07 Å². The summed E-state index contributed by atoms with van der Waals surface area (Å²) in [4.78, 5) is 4.93. The zero-order chi connectivity index (χ0) is 18.4. The van der Waals surface area contributed by atoms with Crippen LogP contribution < -0.4 is 14.8 Å². The van der Waals surface area contributed by atoms with E-state index in [4.69, 9.17) is 14.2 Å². The molecule has 2 aliphatic heterocycles. The molecule has 1 N–H and O–H groups in total. The molecular weight excluding hydrogens is 330 g/mol. The smallest absolute Gasteiger partial charge is 0.161 e. The maximum Gasteiger partial charge on any atom is 0.161 e. The lowest BCUT2D eigenvalue weighted by molar-refractivity contribution is 0.0151. The molecule has 2 fully saturated rings. The van der Waals surface area contributed by atoms with Gasteiger partial charge in [-0.05, 0) is 50.7 Å². The molecular formula is C20H33N3O3. The number of nitrogens with zero attached hydrogens (tertiary/aromatic N) is 2. The number of benzene rings is 1. The van der Waals surface area contributed by atoms with Gasteiger partial charge in [-0.15, -0.1) is 0 Å². The third-order valence-corrected chi connectivity index (χ3v) is 5.60. The van der Waals surface area contributed by atoms with Crippen molar-refractivity contribution in [1.82, 2.24) is 15.1 Å². The monoisotopic (exact) mass is 363 g/mol. The molecule has 1 unspecified atom stereocenters. The normalized spacial score (nSPS) is 21.5. The summed E-state index contributed by atoms with van der Waals surface area (Å²) in [6.45, 7) is 6.84. The predicted octanol–water partition coefficient (Wildman–Crippen LogP) is 1.76. The summed E-state index contributed by atoms with van der Waals surface area (Å²) in [5.41, 5.74) is 1.27. The van der Waals surface area contributed by atoms with Crippen molar-refractivity contribution < 1.29 is 14.2 Å². The van der Waals surface area contributed by atoms with Crippen LogP contribution in [0.4, 0.5) is 0 Å². The van der Waals surface area contributed by atoms with Gasteiger partial charge in [0.2, 0.25) is 0 Å². The van der Waals surface area contributed by atoms with Crippen molar-refractivity contribution in [2.24, 2.45) is 0 Å². The van der Waals surface area contributed by atoms with E-state index >= 15 is 0 Å².